The Labute approximate surface area is 123 Å². The van der Waals surface area contributed by atoms with Gasteiger partial charge in [-0.2, -0.15) is 4.39 Å². The molecule has 1 heterocycles. The maximum atomic E-state index is 13.6. The zero-order chi connectivity index (χ0) is 14.9. The van der Waals surface area contributed by atoms with Gasteiger partial charge in [0.2, 0.25) is 5.82 Å². The molecule has 2 rings (SSSR count). The van der Waals surface area contributed by atoms with E-state index in [4.69, 9.17) is 10.5 Å². The molecule has 6 heteroatoms. The molecule has 3 nitrogen and oxygen atoms in total. The fourth-order valence-corrected chi connectivity index (χ4v) is 2.13. The molecule has 0 saturated heterocycles. The number of nitrogens with two attached hydrogens (primary N) is 1. The van der Waals surface area contributed by atoms with Crippen molar-refractivity contribution in [1.82, 2.24) is 4.98 Å². The Hall–Kier alpha value is -1.69. The first-order valence-corrected chi connectivity index (χ1v) is 6.67. The second kappa shape index (κ2) is 5.75. The van der Waals surface area contributed by atoms with Crippen molar-refractivity contribution in [3.63, 3.8) is 0 Å². The van der Waals surface area contributed by atoms with E-state index in [-0.39, 0.29) is 12.4 Å². The molecule has 0 aliphatic carbocycles. The SMILES string of the molecule is Cc1cnc(COc2cc(Br)cc(F)c2F)c(C)c1N. The number of pyridine rings is 1. The van der Waals surface area contributed by atoms with Gasteiger partial charge in [0.15, 0.2) is 11.6 Å². The van der Waals surface area contributed by atoms with E-state index in [0.29, 0.717) is 15.9 Å². The summed E-state index contributed by atoms with van der Waals surface area (Å²) in [5.74, 6) is -2.16. The zero-order valence-corrected chi connectivity index (χ0v) is 12.6. The Balaban J connectivity index is 2.24. The highest BCUT2D eigenvalue weighted by Gasteiger charge is 2.13. The molecule has 0 aliphatic rings. The summed E-state index contributed by atoms with van der Waals surface area (Å²) in [6.07, 6.45) is 1.62. The Bertz CT molecular complexity index is 662. The number of hydrogen-bond donors (Lipinski definition) is 1. The van der Waals surface area contributed by atoms with E-state index in [0.717, 1.165) is 17.2 Å². The van der Waals surface area contributed by atoms with Crippen LogP contribution < -0.4 is 10.5 Å². The average molecular weight is 343 g/mol. The number of hydrogen-bond acceptors (Lipinski definition) is 3. The molecule has 1 aromatic heterocycles. The highest BCUT2D eigenvalue weighted by Crippen LogP contribution is 2.26. The molecule has 0 fully saturated rings. The fourth-order valence-electron chi connectivity index (χ4n) is 1.72. The summed E-state index contributed by atoms with van der Waals surface area (Å²) in [7, 11) is 0. The van der Waals surface area contributed by atoms with Crippen LogP contribution in [-0.2, 0) is 6.61 Å². The molecule has 2 N–H and O–H groups in total. The number of nitrogens with zero attached hydrogens (tertiary/aromatic N) is 1. The minimum absolute atomic E-state index is 0.0170. The first-order valence-electron chi connectivity index (χ1n) is 5.88. The fraction of sp³-hybridized carbons (Fsp3) is 0.214. The Morgan fingerprint density at radius 3 is 2.70 bits per heavy atom. The molecule has 0 amide bonds. The molecule has 0 bridgehead atoms. The second-order valence-electron chi connectivity index (χ2n) is 4.41. The molecule has 0 radical (unpaired) electrons. The van der Waals surface area contributed by atoms with Crippen molar-refractivity contribution in [2.45, 2.75) is 20.5 Å². The maximum absolute atomic E-state index is 13.6. The van der Waals surface area contributed by atoms with Crippen LogP contribution in [0.1, 0.15) is 16.8 Å². The van der Waals surface area contributed by atoms with Gasteiger partial charge < -0.3 is 10.5 Å². The van der Waals surface area contributed by atoms with Gasteiger partial charge in [0.25, 0.3) is 0 Å². The topological polar surface area (TPSA) is 48.1 Å². The van der Waals surface area contributed by atoms with Crippen LogP contribution in [-0.4, -0.2) is 4.98 Å². The minimum atomic E-state index is -1.02. The standard InChI is InChI=1S/C14H13BrF2N2O/c1-7-5-19-11(8(2)14(7)18)6-20-12-4-9(15)3-10(16)13(12)17/h3-5H,6H2,1-2H3,(H2,18,19). The zero-order valence-electron chi connectivity index (χ0n) is 11.0. The lowest BCUT2D eigenvalue weighted by molar-refractivity contribution is 0.279. The van der Waals surface area contributed by atoms with E-state index in [1.165, 1.54) is 6.07 Å². The average Bonchev–Trinajstić information content (AvgIpc) is 2.40. The molecule has 1 aromatic carbocycles. The summed E-state index contributed by atoms with van der Waals surface area (Å²) in [6.45, 7) is 3.68. The molecule has 0 saturated carbocycles. The maximum Gasteiger partial charge on any atom is 0.200 e. The van der Waals surface area contributed by atoms with E-state index >= 15 is 0 Å². The van der Waals surface area contributed by atoms with Crippen molar-refractivity contribution in [3.8, 4) is 5.75 Å². The summed E-state index contributed by atoms with van der Waals surface area (Å²) in [4.78, 5) is 4.20. The third-order valence-corrected chi connectivity index (χ3v) is 3.46. The van der Waals surface area contributed by atoms with Crippen LogP contribution in [0.25, 0.3) is 0 Å². The molecule has 0 spiro atoms. The number of halogens is 3. The Morgan fingerprint density at radius 2 is 2.00 bits per heavy atom. The van der Waals surface area contributed by atoms with Crippen molar-refractivity contribution < 1.29 is 13.5 Å². The van der Waals surface area contributed by atoms with Crippen LogP contribution in [0.15, 0.2) is 22.8 Å². The lowest BCUT2D eigenvalue weighted by Crippen LogP contribution is -2.06. The van der Waals surface area contributed by atoms with Crippen LogP contribution in [0.2, 0.25) is 0 Å². The number of aromatic nitrogens is 1. The van der Waals surface area contributed by atoms with Crippen molar-refractivity contribution in [2.75, 3.05) is 5.73 Å². The van der Waals surface area contributed by atoms with Crippen molar-refractivity contribution in [2.24, 2.45) is 0 Å². The first-order chi connectivity index (χ1) is 9.40. The molecule has 106 valence electrons. The van der Waals surface area contributed by atoms with Crippen molar-refractivity contribution in [1.29, 1.82) is 0 Å². The number of aryl methyl sites for hydroxylation is 1. The van der Waals surface area contributed by atoms with Gasteiger partial charge in [0.05, 0.1) is 5.69 Å². The molecule has 0 aliphatic heterocycles. The third kappa shape index (κ3) is 2.90. The van der Waals surface area contributed by atoms with Gasteiger partial charge in [-0.1, -0.05) is 15.9 Å². The van der Waals surface area contributed by atoms with Gasteiger partial charge in [-0.15, -0.1) is 0 Å². The number of benzene rings is 1. The lowest BCUT2D eigenvalue weighted by atomic mass is 10.1. The van der Waals surface area contributed by atoms with Gasteiger partial charge in [0.1, 0.15) is 6.61 Å². The molecule has 20 heavy (non-hydrogen) atoms. The Morgan fingerprint density at radius 1 is 1.30 bits per heavy atom. The van der Waals surface area contributed by atoms with Gasteiger partial charge >= 0.3 is 0 Å². The second-order valence-corrected chi connectivity index (χ2v) is 5.33. The normalized spacial score (nSPS) is 10.7. The summed E-state index contributed by atoms with van der Waals surface area (Å²) in [6, 6.07) is 2.40. The highest BCUT2D eigenvalue weighted by atomic mass is 79.9. The molecule has 0 atom stereocenters. The quantitative estimate of drug-likeness (QED) is 0.860. The molecular formula is C14H13BrF2N2O. The van der Waals surface area contributed by atoms with E-state index in [1.807, 2.05) is 13.8 Å². The number of rotatable bonds is 3. The summed E-state index contributed by atoms with van der Waals surface area (Å²) in [5.41, 5.74) is 8.75. The van der Waals surface area contributed by atoms with Gasteiger partial charge in [-0.25, -0.2) is 4.39 Å². The van der Waals surface area contributed by atoms with Crippen LogP contribution in [0.4, 0.5) is 14.5 Å². The van der Waals surface area contributed by atoms with Gasteiger partial charge in [0, 0.05) is 16.4 Å². The van der Waals surface area contributed by atoms with Crippen molar-refractivity contribution >= 4 is 21.6 Å². The molecular weight excluding hydrogens is 330 g/mol. The third-order valence-electron chi connectivity index (χ3n) is 3.00. The van der Waals surface area contributed by atoms with Gasteiger partial charge in [-0.05, 0) is 37.1 Å². The number of ether oxygens (including phenoxy) is 1. The summed E-state index contributed by atoms with van der Waals surface area (Å²) >= 11 is 3.09. The summed E-state index contributed by atoms with van der Waals surface area (Å²) in [5, 5.41) is 0. The molecule has 2 aromatic rings. The first kappa shape index (κ1) is 14.7. The van der Waals surface area contributed by atoms with Crippen molar-refractivity contribution in [3.05, 3.63) is 51.3 Å². The van der Waals surface area contributed by atoms with E-state index in [1.54, 1.807) is 6.20 Å². The van der Waals surface area contributed by atoms with Crippen LogP contribution in [0.3, 0.4) is 0 Å². The smallest absolute Gasteiger partial charge is 0.200 e. The largest absolute Gasteiger partial charge is 0.484 e. The minimum Gasteiger partial charge on any atom is -0.484 e. The molecule has 0 unspecified atom stereocenters. The van der Waals surface area contributed by atoms with Gasteiger partial charge in [-0.3, -0.25) is 4.98 Å². The summed E-state index contributed by atoms with van der Waals surface area (Å²) < 4.78 is 32.5. The lowest BCUT2D eigenvalue weighted by Gasteiger charge is -2.12. The number of nitrogen functional groups attached to an aromatic ring is 1. The van der Waals surface area contributed by atoms with Crippen LogP contribution >= 0.6 is 15.9 Å². The van der Waals surface area contributed by atoms with E-state index < -0.39 is 11.6 Å². The monoisotopic (exact) mass is 342 g/mol. The van der Waals surface area contributed by atoms with E-state index in [9.17, 15) is 8.78 Å². The van der Waals surface area contributed by atoms with E-state index in [2.05, 4.69) is 20.9 Å². The number of anilines is 1. The predicted molar refractivity (Wildman–Crippen MR) is 76.5 cm³/mol. The predicted octanol–water partition coefficient (Wildman–Crippen LogP) is 3.90. The van der Waals surface area contributed by atoms with Crippen LogP contribution in [0, 0.1) is 25.5 Å². The highest BCUT2D eigenvalue weighted by molar-refractivity contribution is 9.10. The Kier molecular flexibility index (Phi) is 4.23. The van der Waals surface area contributed by atoms with Crippen LogP contribution in [0.5, 0.6) is 5.75 Å².